The van der Waals surface area contributed by atoms with Gasteiger partial charge in [0.15, 0.2) is 0 Å². The largest absolute Gasteiger partial charge is 0.382 e. The van der Waals surface area contributed by atoms with Gasteiger partial charge < -0.3 is 15.4 Å². The lowest BCUT2D eigenvalue weighted by Crippen LogP contribution is -2.40. The van der Waals surface area contributed by atoms with Crippen molar-refractivity contribution in [1.82, 2.24) is 5.32 Å². The Morgan fingerprint density at radius 2 is 2.16 bits per heavy atom. The Labute approximate surface area is 114 Å². The highest BCUT2D eigenvalue weighted by Crippen LogP contribution is 2.27. The number of hydrogen-bond acceptors (Lipinski definition) is 3. The number of carbonyl (C=O) groups is 1. The third-order valence-electron chi connectivity index (χ3n) is 3.33. The third kappa shape index (κ3) is 3.70. The predicted octanol–water partition coefficient (Wildman–Crippen LogP) is 2.42. The van der Waals surface area contributed by atoms with Gasteiger partial charge in [0.05, 0.1) is 6.10 Å². The molecule has 4 nitrogen and oxygen atoms in total. The first-order valence-corrected chi connectivity index (χ1v) is 6.99. The van der Waals surface area contributed by atoms with E-state index in [0.29, 0.717) is 24.3 Å². The smallest absolute Gasteiger partial charge is 0.251 e. The first-order chi connectivity index (χ1) is 9.22. The first-order valence-electron chi connectivity index (χ1n) is 6.99. The molecule has 1 aliphatic rings. The number of carbonyl (C=O) groups excluding carboxylic acids is 1. The molecule has 1 saturated carbocycles. The van der Waals surface area contributed by atoms with E-state index in [1.165, 1.54) is 0 Å². The van der Waals surface area contributed by atoms with Gasteiger partial charge in [0, 0.05) is 30.4 Å². The minimum Gasteiger partial charge on any atom is -0.382 e. The van der Waals surface area contributed by atoms with Crippen LogP contribution in [-0.2, 0) is 4.74 Å². The van der Waals surface area contributed by atoms with Crippen LogP contribution in [0, 0.1) is 0 Å². The molecule has 19 heavy (non-hydrogen) atoms. The Bertz CT molecular complexity index is 428. The van der Waals surface area contributed by atoms with Crippen molar-refractivity contribution in [2.24, 2.45) is 0 Å². The Hall–Kier alpha value is -1.55. The molecule has 1 aromatic carbocycles. The van der Waals surface area contributed by atoms with Crippen molar-refractivity contribution in [3.63, 3.8) is 0 Å². The van der Waals surface area contributed by atoms with Gasteiger partial charge in [-0.2, -0.15) is 0 Å². The van der Waals surface area contributed by atoms with Gasteiger partial charge in [-0.15, -0.1) is 0 Å². The Morgan fingerprint density at radius 3 is 2.84 bits per heavy atom. The second kappa shape index (κ2) is 6.57. The molecule has 0 aromatic heterocycles. The van der Waals surface area contributed by atoms with Crippen LogP contribution in [0.3, 0.4) is 0 Å². The highest BCUT2D eigenvalue weighted by molar-refractivity contribution is 5.95. The number of hydrogen-bond donors (Lipinski definition) is 2. The highest BCUT2D eigenvalue weighted by atomic mass is 16.5. The van der Waals surface area contributed by atoms with Crippen molar-refractivity contribution in [1.29, 1.82) is 0 Å². The van der Waals surface area contributed by atoms with Gasteiger partial charge in [0.1, 0.15) is 0 Å². The monoisotopic (exact) mass is 262 g/mol. The maximum absolute atomic E-state index is 11.7. The van der Waals surface area contributed by atoms with Crippen LogP contribution >= 0.6 is 0 Å². The van der Waals surface area contributed by atoms with E-state index in [1.54, 1.807) is 0 Å². The summed E-state index contributed by atoms with van der Waals surface area (Å²) in [5.41, 5.74) is 1.70. The molecule has 2 N–H and O–H groups in total. The second-order valence-electron chi connectivity index (χ2n) is 4.83. The Balaban J connectivity index is 1.88. The Morgan fingerprint density at radius 1 is 1.37 bits per heavy atom. The van der Waals surface area contributed by atoms with Gasteiger partial charge in [0.2, 0.25) is 0 Å². The van der Waals surface area contributed by atoms with Crippen LogP contribution in [0.4, 0.5) is 5.69 Å². The molecule has 0 atom stereocenters. The van der Waals surface area contributed by atoms with E-state index in [-0.39, 0.29) is 5.91 Å². The molecule has 1 aromatic rings. The molecular formula is C15H22N2O2. The van der Waals surface area contributed by atoms with Crippen molar-refractivity contribution in [3.8, 4) is 0 Å². The van der Waals surface area contributed by atoms with Crippen molar-refractivity contribution >= 4 is 11.6 Å². The van der Waals surface area contributed by atoms with E-state index in [1.807, 2.05) is 38.1 Å². The number of ether oxygens (including phenoxy) is 1. The molecular weight excluding hydrogens is 240 g/mol. The molecule has 0 spiro atoms. The van der Waals surface area contributed by atoms with Crippen LogP contribution in [0.25, 0.3) is 0 Å². The average Bonchev–Trinajstić information content (AvgIpc) is 2.37. The van der Waals surface area contributed by atoms with Crippen molar-refractivity contribution in [2.75, 3.05) is 18.5 Å². The summed E-state index contributed by atoms with van der Waals surface area (Å²) in [5, 5.41) is 6.25. The van der Waals surface area contributed by atoms with E-state index in [2.05, 4.69) is 10.6 Å². The van der Waals surface area contributed by atoms with Gasteiger partial charge in [-0.25, -0.2) is 0 Å². The topological polar surface area (TPSA) is 50.4 Å². The summed E-state index contributed by atoms with van der Waals surface area (Å²) in [6.07, 6.45) is 2.48. The summed E-state index contributed by atoms with van der Waals surface area (Å²) < 4.78 is 5.54. The minimum absolute atomic E-state index is 0.0213. The maximum atomic E-state index is 11.7. The zero-order valence-electron chi connectivity index (χ0n) is 11.6. The van der Waals surface area contributed by atoms with Gasteiger partial charge in [-0.05, 0) is 44.9 Å². The average molecular weight is 262 g/mol. The van der Waals surface area contributed by atoms with Crippen LogP contribution < -0.4 is 10.6 Å². The SMILES string of the molecule is CCNC(=O)c1cccc(NC2CC(OCC)C2)c1. The molecule has 0 aliphatic heterocycles. The van der Waals surface area contributed by atoms with E-state index < -0.39 is 0 Å². The fraction of sp³-hybridized carbons (Fsp3) is 0.533. The highest BCUT2D eigenvalue weighted by Gasteiger charge is 2.29. The van der Waals surface area contributed by atoms with Crippen molar-refractivity contribution in [2.45, 2.75) is 38.8 Å². The molecule has 0 radical (unpaired) electrons. The zero-order valence-corrected chi connectivity index (χ0v) is 11.6. The van der Waals surface area contributed by atoms with E-state index in [9.17, 15) is 4.79 Å². The molecule has 4 heteroatoms. The summed E-state index contributed by atoms with van der Waals surface area (Å²) in [6.45, 7) is 5.37. The first kappa shape index (κ1) is 13.9. The molecule has 0 unspecified atom stereocenters. The van der Waals surface area contributed by atoms with E-state index >= 15 is 0 Å². The van der Waals surface area contributed by atoms with Crippen LogP contribution in [0.15, 0.2) is 24.3 Å². The number of rotatable bonds is 6. The fourth-order valence-electron chi connectivity index (χ4n) is 2.30. The normalized spacial score (nSPS) is 21.6. The van der Waals surface area contributed by atoms with Gasteiger partial charge in [0.25, 0.3) is 5.91 Å². The minimum atomic E-state index is -0.0213. The van der Waals surface area contributed by atoms with Gasteiger partial charge in [-0.3, -0.25) is 4.79 Å². The molecule has 1 aliphatic carbocycles. The molecule has 0 heterocycles. The van der Waals surface area contributed by atoms with Crippen LogP contribution in [0.1, 0.15) is 37.0 Å². The summed E-state index contributed by atoms with van der Waals surface area (Å²) in [4.78, 5) is 11.7. The number of anilines is 1. The zero-order chi connectivity index (χ0) is 13.7. The van der Waals surface area contributed by atoms with E-state index in [0.717, 1.165) is 25.1 Å². The lowest BCUT2D eigenvalue weighted by molar-refractivity contribution is 0.00299. The van der Waals surface area contributed by atoms with Gasteiger partial charge in [-0.1, -0.05) is 6.07 Å². The molecule has 2 rings (SSSR count). The molecule has 0 saturated heterocycles. The van der Waals surface area contributed by atoms with Crippen LogP contribution in [-0.4, -0.2) is 31.2 Å². The number of benzene rings is 1. The molecule has 1 amide bonds. The molecule has 1 fully saturated rings. The fourth-order valence-corrected chi connectivity index (χ4v) is 2.30. The molecule has 104 valence electrons. The molecule has 0 bridgehead atoms. The standard InChI is InChI=1S/C15H22N2O2/c1-3-16-15(18)11-6-5-7-12(8-11)17-13-9-14(10-13)19-4-2/h5-8,13-14,17H,3-4,9-10H2,1-2H3,(H,16,18). The van der Waals surface area contributed by atoms with Crippen LogP contribution in [0.2, 0.25) is 0 Å². The Kier molecular flexibility index (Phi) is 4.80. The summed E-state index contributed by atoms with van der Waals surface area (Å²) in [7, 11) is 0. The van der Waals surface area contributed by atoms with Crippen molar-refractivity contribution < 1.29 is 9.53 Å². The lowest BCUT2D eigenvalue weighted by Gasteiger charge is -2.36. The third-order valence-corrected chi connectivity index (χ3v) is 3.33. The quantitative estimate of drug-likeness (QED) is 0.827. The van der Waals surface area contributed by atoms with Crippen LogP contribution in [0.5, 0.6) is 0 Å². The number of nitrogens with one attached hydrogen (secondary N) is 2. The summed E-state index contributed by atoms with van der Waals surface area (Å²) >= 11 is 0. The number of amides is 1. The summed E-state index contributed by atoms with van der Waals surface area (Å²) in [5.74, 6) is -0.0213. The predicted molar refractivity (Wildman–Crippen MR) is 76.5 cm³/mol. The second-order valence-corrected chi connectivity index (χ2v) is 4.83. The van der Waals surface area contributed by atoms with Crippen molar-refractivity contribution in [3.05, 3.63) is 29.8 Å². The summed E-state index contributed by atoms with van der Waals surface area (Å²) in [6, 6.07) is 8.10. The van der Waals surface area contributed by atoms with Gasteiger partial charge >= 0.3 is 0 Å². The van der Waals surface area contributed by atoms with E-state index in [4.69, 9.17) is 4.74 Å². The lowest BCUT2D eigenvalue weighted by atomic mass is 9.89. The maximum Gasteiger partial charge on any atom is 0.251 e.